The second-order valence-electron chi connectivity index (χ2n) is 4.12. The van der Waals surface area contributed by atoms with Crippen molar-refractivity contribution in [1.29, 1.82) is 0 Å². The van der Waals surface area contributed by atoms with Crippen LogP contribution in [0.25, 0.3) is 0 Å². The van der Waals surface area contributed by atoms with Crippen molar-refractivity contribution >= 4 is 28.5 Å². The number of benzene rings is 1. The Balaban J connectivity index is 2.03. The number of amides is 1. The molecule has 1 aromatic carbocycles. The van der Waals surface area contributed by atoms with Crippen LogP contribution in [0, 0.1) is 3.57 Å². The standard InChI is InChI=1S/C13H14INO2/c14-11-7-6-9(8-12(11)16)13(17)15-10-4-2-1-3-5-10/h1-2,6-8,10,16H,3-5H2,(H,15,17). The number of phenolic OH excluding ortho intramolecular Hbond substituents is 1. The molecule has 2 N–H and O–H groups in total. The second kappa shape index (κ2) is 5.53. The van der Waals surface area contributed by atoms with E-state index in [2.05, 4.69) is 17.5 Å². The third-order valence-electron chi connectivity index (χ3n) is 2.81. The summed E-state index contributed by atoms with van der Waals surface area (Å²) in [4.78, 5) is 11.9. The molecule has 0 aromatic heterocycles. The van der Waals surface area contributed by atoms with E-state index < -0.39 is 0 Å². The molecule has 1 aromatic rings. The minimum Gasteiger partial charge on any atom is -0.507 e. The van der Waals surface area contributed by atoms with Gasteiger partial charge in [-0.25, -0.2) is 0 Å². The van der Waals surface area contributed by atoms with Gasteiger partial charge in [0, 0.05) is 11.6 Å². The van der Waals surface area contributed by atoms with Crippen molar-refractivity contribution in [3.8, 4) is 5.75 Å². The summed E-state index contributed by atoms with van der Waals surface area (Å²) in [5, 5.41) is 12.5. The fourth-order valence-electron chi connectivity index (χ4n) is 1.85. The zero-order chi connectivity index (χ0) is 12.3. The number of phenols is 1. The molecule has 2 rings (SSSR count). The molecule has 0 saturated carbocycles. The van der Waals surface area contributed by atoms with Crippen LogP contribution in [0.15, 0.2) is 30.4 Å². The highest BCUT2D eigenvalue weighted by Gasteiger charge is 2.14. The molecule has 0 spiro atoms. The summed E-state index contributed by atoms with van der Waals surface area (Å²) in [7, 11) is 0. The van der Waals surface area contributed by atoms with Crippen molar-refractivity contribution in [3.05, 3.63) is 39.5 Å². The Morgan fingerprint density at radius 1 is 1.41 bits per heavy atom. The number of rotatable bonds is 2. The number of allylic oxidation sites excluding steroid dienone is 1. The van der Waals surface area contributed by atoms with Crippen molar-refractivity contribution < 1.29 is 9.90 Å². The number of carbonyl (C=O) groups excluding carboxylic acids is 1. The number of aromatic hydroxyl groups is 1. The average Bonchev–Trinajstić information content (AvgIpc) is 2.34. The quantitative estimate of drug-likeness (QED) is 0.641. The first kappa shape index (κ1) is 12.4. The van der Waals surface area contributed by atoms with Crippen LogP contribution in [0.4, 0.5) is 0 Å². The minimum absolute atomic E-state index is 0.114. The lowest BCUT2D eigenvalue weighted by molar-refractivity contribution is 0.0934. The van der Waals surface area contributed by atoms with E-state index in [1.54, 1.807) is 12.1 Å². The van der Waals surface area contributed by atoms with Crippen molar-refractivity contribution in [1.82, 2.24) is 5.32 Å². The summed E-state index contributed by atoms with van der Waals surface area (Å²) < 4.78 is 0.750. The maximum atomic E-state index is 11.9. The number of carbonyl (C=O) groups is 1. The smallest absolute Gasteiger partial charge is 0.251 e. The zero-order valence-corrected chi connectivity index (χ0v) is 11.5. The van der Waals surface area contributed by atoms with Crippen molar-refractivity contribution in [2.24, 2.45) is 0 Å². The summed E-state index contributed by atoms with van der Waals surface area (Å²) in [6.45, 7) is 0. The van der Waals surface area contributed by atoms with Crippen LogP contribution in [0.1, 0.15) is 29.6 Å². The third kappa shape index (κ3) is 3.21. The van der Waals surface area contributed by atoms with E-state index in [-0.39, 0.29) is 17.7 Å². The topological polar surface area (TPSA) is 49.3 Å². The van der Waals surface area contributed by atoms with Crippen molar-refractivity contribution in [2.45, 2.75) is 25.3 Å². The number of halogens is 1. The molecule has 1 aliphatic rings. The van der Waals surface area contributed by atoms with E-state index in [1.807, 2.05) is 22.6 Å². The lowest BCUT2D eigenvalue weighted by Crippen LogP contribution is -2.35. The van der Waals surface area contributed by atoms with Crippen LogP contribution in [0.3, 0.4) is 0 Å². The molecular formula is C13H14INO2. The van der Waals surface area contributed by atoms with E-state index in [0.717, 1.165) is 22.8 Å². The van der Waals surface area contributed by atoms with E-state index in [4.69, 9.17) is 0 Å². The Morgan fingerprint density at radius 3 is 2.88 bits per heavy atom. The molecule has 1 aliphatic carbocycles. The van der Waals surface area contributed by atoms with Gasteiger partial charge in [-0.2, -0.15) is 0 Å². The molecule has 3 nitrogen and oxygen atoms in total. The lowest BCUT2D eigenvalue weighted by atomic mass is 10.0. The van der Waals surface area contributed by atoms with Crippen molar-refractivity contribution in [3.63, 3.8) is 0 Å². The van der Waals surface area contributed by atoms with Gasteiger partial charge >= 0.3 is 0 Å². The van der Waals surface area contributed by atoms with Crippen LogP contribution < -0.4 is 5.32 Å². The van der Waals surface area contributed by atoms with E-state index in [1.165, 1.54) is 6.07 Å². The highest BCUT2D eigenvalue weighted by Crippen LogP contribution is 2.20. The highest BCUT2D eigenvalue weighted by molar-refractivity contribution is 14.1. The molecule has 1 amide bonds. The SMILES string of the molecule is O=C(NC1CC=CCC1)c1ccc(I)c(O)c1. The van der Waals surface area contributed by atoms with Gasteiger partial charge in [-0.15, -0.1) is 0 Å². The zero-order valence-electron chi connectivity index (χ0n) is 9.32. The largest absolute Gasteiger partial charge is 0.507 e. The van der Waals surface area contributed by atoms with Gasteiger partial charge in [-0.3, -0.25) is 4.79 Å². The van der Waals surface area contributed by atoms with Crippen LogP contribution in [-0.2, 0) is 0 Å². The molecule has 90 valence electrons. The number of nitrogens with one attached hydrogen (secondary N) is 1. The fourth-order valence-corrected chi connectivity index (χ4v) is 2.18. The second-order valence-corrected chi connectivity index (χ2v) is 5.28. The van der Waals surface area contributed by atoms with E-state index >= 15 is 0 Å². The molecule has 0 radical (unpaired) electrons. The van der Waals surface area contributed by atoms with Gasteiger partial charge < -0.3 is 10.4 Å². The summed E-state index contributed by atoms with van der Waals surface area (Å²) in [6.07, 6.45) is 7.13. The summed E-state index contributed by atoms with van der Waals surface area (Å²) in [5.41, 5.74) is 0.512. The minimum atomic E-state index is -0.114. The highest BCUT2D eigenvalue weighted by atomic mass is 127. The van der Waals surface area contributed by atoms with Crippen LogP contribution in [0.2, 0.25) is 0 Å². The first-order chi connectivity index (χ1) is 8.16. The Morgan fingerprint density at radius 2 is 2.24 bits per heavy atom. The van der Waals surface area contributed by atoms with Gasteiger partial charge in [0.15, 0.2) is 0 Å². The lowest BCUT2D eigenvalue weighted by Gasteiger charge is -2.19. The van der Waals surface area contributed by atoms with Crippen molar-refractivity contribution in [2.75, 3.05) is 0 Å². The molecule has 0 fully saturated rings. The van der Waals surface area contributed by atoms with Gasteiger partial charge in [0.2, 0.25) is 0 Å². The van der Waals surface area contributed by atoms with Gasteiger partial charge in [0.05, 0.1) is 3.57 Å². The molecule has 0 heterocycles. The molecule has 17 heavy (non-hydrogen) atoms. The molecule has 1 atom stereocenters. The summed E-state index contributed by atoms with van der Waals surface area (Å²) in [6, 6.07) is 5.20. The van der Waals surface area contributed by atoms with E-state index in [0.29, 0.717) is 5.56 Å². The average molecular weight is 343 g/mol. The Kier molecular flexibility index (Phi) is 4.04. The third-order valence-corrected chi connectivity index (χ3v) is 3.72. The summed E-state index contributed by atoms with van der Waals surface area (Å²) in [5.74, 6) is 0.0405. The normalized spacial score (nSPS) is 19.0. The van der Waals surface area contributed by atoms with Gasteiger partial charge in [0.25, 0.3) is 5.91 Å². The molecule has 1 unspecified atom stereocenters. The van der Waals surface area contributed by atoms with Gasteiger partial charge in [0.1, 0.15) is 5.75 Å². The Hall–Kier alpha value is -1.04. The maximum absolute atomic E-state index is 11.9. The van der Waals surface area contributed by atoms with Crippen LogP contribution in [0.5, 0.6) is 5.75 Å². The van der Waals surface area contributed by atoms with Gasteiger partial charge in [-0.05, 0) is 60.1 Å². The summed E-state index contributed by atoms with van der Waals surface area (Å²) >= 11 is 2.03. The fraction of sp³-hybridized carbons (Fsp3) is 0.308. The van der Waals surface area contributed by atoms with Gasteiger partial charge in [-0.1, -0.05) is 12.2 Å². The number of hydrogen-bond acceptors (Lipinski definition) is 2. The number of hydrogen-bond donors (Lipinski definition) is 2. The van der Waals surface area contributed by atoms with E-state index in [9.17, 15) is 9.90 Å². The molecule has 0 bridgehead atoms. The molecule has 0 saturated heterocycles. The predicted molar refractivity (Wildman–Crippen MR) is 75.1 cm³/mol. The molecule has 4 heteroatoms. The first-order valence-electron chi connectivity index (χ1n) is 5.61. The first-order valence-corrected chi connectivity index (χ1v) is 6.69. The Bertz CT molecular complexity index is 457. The monoisotopic (exact) mass is 343 g/mol. The predicted octanol–water partition coefficient (Wildman–Crippen LogP) is 2.84. The maximum Gasteiger partial charge on any atom is 0.251 e. The van der Waals surface area contributed by atoms with Crippen LogP contribution in [-0.4, -0.2) is 17.1 Å². The molecular weight excluding hydrogens is 329 g/mol. The van der Waals surface area contributed by atoms with Crippen LogP contribution >= 0.6 is 22.6 Å². The Labute approximate surface area is 114 Å². The molecule has 0 aliphatic heterocycles.